The van der Waals surface area contributed by atoms with Gasteiger partial charge in [0.2, 0.25) is 0 Å². The van der Waals surface area contributed by atoms with Crippen molar-refractivity contribution in [1.29, 1.82) is 0 Å². The number of unbranched alkanes of at least 4 members (excludes halogenated alkanes) is 6. The molecule has 0 saturated heterocycles. The minimum absolute atomic E-state index is 0.0116. The number of nitrogens with two attached hydrogens (primary N) is 1. The molecule has 0 heterocycles. The molecule has 0 aromatic carbocycles. The molecule has 0 aliphatic rings. The molecule has 0 bridgehead atoms. The van der Waals surface area contributed by atoms with Gasteiger partial charge in [-0.15, -0.1) is 11.8 Å². The standard InChI is InChI=1S/C53H87N2O11PS/c1-6-8-10-12-14-16-18-20-21-22-23-24-25-26-28-30-32-34-36-41-52(59)63-44-47(45-65-67(61,62)64-43-42-55(3,4)5)66-53(60)48(54)46-68-50(49(56)38-37-40-51(57)58)39-35-33-31-29-27-19-17-15-13-11-9-7-2/h8,10,14-17,20-21,23-24,26-29,31,33,35,39,47-50,56H,6-7,9,11-13,18-19,22,25,30,32,34,36-38,40-46,54H2,1-5H3,(H-,57,58,61,62)/p+1/b10-8-,16-14-,17-15-,21-20-,24-23-,28-26-,29-27-,33-31+,39-35+/t47-,48+,49+,50-/m1/s1. The normalized spacial score (nSPS) is 15.6. The Bertz CT molecular complexity index is 1650. The molecule has 0 radical (unpaired) electrons. The van der Waals surface area contributed by atoms with Crippen LogP contribution in [0.1, 0.15) is 129 Å². The molecule has 5 N–H and O–H groups in total. The highest BCUT2D eigenvalue weighted by Crippen LogP contribution is 2.43. The van der Waals surface area contributed by atoms with Crippen molar-refractivity contribution in [2.45, 2.75) is 153 Å². The number of likely N-dealkylation sites (N-methyl/N-ethyl adjacent to an activating group) is 1. The fraction of sp³-hybridized carbons (Fsp3) is 0.604. The highest BCUT2D eigenvalue weighted by atomic mass is 32.2. The van der Waals surface area contributed by atoms with Crippen molar-refractivity contribution in [2.75, 3.05) is 53.3 Å². The molecule has 1 unspecified atom stereocenters. The van der Waals surface area contributed by atoms with Crippen molar-refractivity contribution < 1.29 is 57.1 Å². The van der Waals surface area contributed by atoms with Gasteiger partial charge < -0.3 is 34.8 Å². The molecule has 0 spiro atoms. The Balaban J connectivity index is 5.24. The van der Waals surface area contributed by atoms with Gasteiger partial charge in [-0.3, -0.25) is 23.4 Å². The van der Waals surface area contributed by atoms with Crippen LogP contribution in [-0.2, 0) is 37.5 Å². The first-order valence-electron chi connectivity index (χ1n) is 24.6. The summed E-state index contributed by atoms with van der Waals surface area (Å²) in [4.78, 5) is 47.4. The topological polar surface area (TPSA) is 192 Å². The number of aliphatic hydroxyl groups is 1. The van der Waals surface area contributed by atoms with Crippen molar-refractivity contribution in [3.05, 3.63) is 109 Å². The zero-order valence-electron chi connectivity index (χ0n) is 42.0. The van der Waals surface area contributed by atoms with E-state index in [1.54, 1.807) is 12.2 Å². The van der Waals surface area contributed by atoms with Crippen molar-refractivity contribution in [2.24, 2.45) is 5.73 Å². The summed E-state index contributed by atoms with van der Waals surface area (Å²) in [5.74, 6) is -2.34. The van der Waals surface area contributed by atoms with E-state index in [1.165, 1.54) is 31.0 Å². The lowest BCUT2D eigenvalue weighted by atomic mass is 10.1. The van der Waals surface area contributed by atoms with Crippen molar-refractivity contribution in [1.82, 2.24) is 0 Å². The quantitative estimate of drug-likeness (QED) is 0.0113. The summed E-state index contributed by atoms with van der Waals surface area (Å²) in [6.07, 6.45) is 49.0. The molecule has 0 fully saturated rings. The monoisotopic (exact) mass is 992 g/mol. The van der Waals surface area contributed by atoms with Crippen LogP contribution in [0.15, 0.2) is 109 Å². The number of phosphoric ester groups is 1. The Kier molecular flexibility index (Phi) is 41.1. The van der Waals surface area contributed by atoms with E-state index in [0.717, 1.165) is 64.2 Å². The number of hydrogen-bond acceptors (Lipinski definition) is 11. The van der Waals surface area contributed by atoms with E-state index in [2.05, 4.69) is 86.8 Å². The minimum Gasteiger partial charge on any atom is -0.481 e. The number of aliphatic hydroxyl groups excluding tert-OH is 1. The molecule has 0 aliphatic heterocycles. The molecule has 0 rings (SSSR count). The van der Waals surface area contributed by atoms with Gasteiger partial charge in [-0.1, -0.05) is 142 Å². The van der Waals surface area contributed by atoms with Gasteiger partial charge in [0.1, 0.15) is 25.8 Å². The number of rotatable bonds is 43. The molecule has 0 aliphatic carbocycles. The average molecular weight is 992 g/mol. The lowest BCUT2D eigenvalue weighted by molar-refractivity contribution is -0.870. The Morgan fingerprint density at radius 2 is 1.26 bits per heavy atom. The number of hydrogen-bond donors (Lipinski definition) is 4. The van der Waals surface area contributed by atoms with Gasteiger partial charge >= 0.3 is 25.7 Å². The van der Waals surface area contributed by atoms with E-state index in [0.29, 0.717) is 17.4 Å². The van der Waals surface area contributed by atoms with Crippen LogP contribution >= 0.6 is 19.6 Å². The van der Waals surface area contributed by atoms with E-state index < -0.39 is 62.4 Å². The highest BCUT2D eigenvalue weighted by molar-refractivity contribution is 8.00. The number of allylic oxidation sites excluding steroid dienone is 17. The first-order valence-corrected chi connectivity index (χ1v) is 27.1. The number of nitrogens with zero attached hydrogens (tertiary/aromatic N) is 1. The maximum atomic E-state index is 13.3. The molecule has 0 amide bonds. The van der Waals surface area contributed by atoms with Crippen molar-refractivity contribution >= 4 is 37.5 Å². The molecule has 0 saturated carbocycles. The van der Waals surface area contributed by atoms with Gasteiger partial charge in [-0.05, 0) is 83.5 Å². The number of esters is 2. The first kappa shape index (κ1) is 64.4. The third-order valence-electron chi connectivity index (χ3n) is 9.79. The second-order valence-electron chi connectivity index (χ2n) is 17.3. The van der Waals surface area contributed by atoms with Gasteiger partial charge in [0.15, 0.2) is 6.10 Å². The first-order chi connectivity index (χ1) is 32.6. The third kappa shape index (κ3) is 43.7. The number of carboxylic acids is 1. The minimum atomic E-state index is -4.56. The average Bonchev–Trinajstić information content (AvgIpc) is 3.28. The highest BCUT2D eigenvalue weighted by Gasteiger charge is 2.29. The Hall–Kier alpha value is -3.59. The van der Waals surface area contributed by atoms with Crippen LogP contribution in [0.2, 0.25) is 0 Å². The summed E-state index contributed by atoms with van der Waals surface area (Å²) in [6, 6.07) is -1.20. The van der Waals surface area contributed by atoms with Gasteiger partial charge in [-0.25, -0.2) is 4.57 Å². The molecular formula is C53H88N2O11PS+. The number of phosphoric acid groups is 1. The zero-order valence-corrected chi connectivity index (χ0v) is 43.7. The second-order valence-corrected chi connectivity index (χ2v) is 20.0. The Labute approximate surface area is 414 Å². The lowest BCUT2D eigenvalue weighted by Gasteiger charge is -2.25. The molecule has 13 nitrogen and oxygen atoms in total. The fourth-order valence-corrected chi connectivity index (χ4v) is 7.68. The molecule has 5 atom stereocenters. The van der Waals surface area contributed by atoms with Gasteiger partial charge in [0, 0.05) is 23.8 Å². The van der Waals surface area contributed by atoms with Crippen LogP contribution < -0.4 is 5.73 Å². The van der Waals surface area contributed by atoms with Gasteiger partial charge in [0.25, 0.3) is 0 Å². The summed E-state index contributed by atoms with van der Waals surface area (Å²) in [7, 11) is 1.14. The Morgan fingerprint density at radius 1 is 0.691 bits per heavy atom. The lowest BCUT2D eigenvalue weighted by Crippen LogP contribution is -2.40. The predicted octanol–water partition coefficient (Wildman–Crippen LogP) is 11.2. The van der Waals surface area contributed by atoms with Crippen LogP contribution in [0.5, 0.6) is 0 Å². The molecule has 68 heavy (non-hydrogen) atoms. The molecule has 386 valence electrons. The summed E-state index contributed by atoms with van der Waals surface area (Å²) in [5.41, 5.74) is 6.25. The van der Waals surface area contributed by atoms with E-state index in [9.17, 15) is 28.9 Å². The SMILES string of the molecule is CC/C=C\C/C=C\C/C=C\C/C=C\C/C=C\CCCCCC(=O)OC[C@H](COP(=O)(O)OCC[N+](C)(C)C)OC(=O)[C@@H](N)CS[C@H](/C=C/C=C/C=C\C/C=C\CCCCC)[C@@H](O)CCCC(=O)O. The van der Waals surface area contributed by atoms with Crippen molar-refractivity contribution in [3.8, 4) is 0 Å². The van der Waals surface area contributed by atoms with Crippen molar-refractivity contribution in [3.63, 3.8) is 0 Å². The summed E-state index contributed by atoms with van der Waals surface area (Å²) >= 11 is 1.20. The number of quaternary nitrogens is 1. The zero-order chi connectivity index (χ0) is 50.6. The molecule has 15 heteroatoms. The third-order valence-corrected chi connectivity index (χ3v) is 12.2. The number of ether oxygens (including phenoxy) is 2. The fourth-order valence-electron chi connectivity index (χ4n) is 5.82. The summed E-state index contributed by atoms with van der Waals surface area (Å²) in [6.45, 7) is 3.63. The molecular weight excluding hydrogens is 904 g/mol. The number of carboxylic acid groups (broad SMARTS) is 1. The number of aliphatic carboxylic acids is 1. The summed E-state index contributed by atoms with van der Waals surface area (Å²) < 4.78 is 34.4. The number of thioether (sulfide) groups is 1. The number of carbonyl (C=O) groups is 3. The maximum absolute atomic E-state index is 13.3. The van der Waals surface area contributed by atoms with E-state index in [1.807, 2.05) is 45.4 Å². The van der Waals surface area contributed by atoms with E-state index in [-0.39, 0.29) is 38.0 Å². The van der Waals surface area contributed by atoms with Crippen LogP contribution in [0.25, 0.3) is 0 Å². The van der Waals surface area contributed by atoms with Crippen LogP contribution in [0, 0.1) is 0 Å². The van der Waals surface area contributed by atoms with Crippen LogP contribution in [-0.4, -0.2) is 114 Å². The van der Waals surface area contributed by atoms with Crippen LogP contribution in [0.3, 0.4) is 0 Å². The smallest absolute Gasteiger partial charge is 0.472 e. The molecule has 0 aromatic rings. The maximum Gasteiger partial charge on any atom is 0.472 e. The second kappa shape index (κ2) is 43.4. The van der Waals surface area contributed by atoms with E-state index in [4.69, 9.17) is 29.4 Å². The largest absolute Gasteiger partial charge is 0.481 e. The number of carbonyl (C=O) groups excluding carboxylic acids is 2. The van der Waals surface area contributed by atoms with E-state index >= 15 is 0 Å². The summed E-state index contributed by atoms with van der Waals surface area (Å²) in [5, 5.41) is 19.5. The molecule has 0 aromatic heterocycles. The predicted molar refractivity (Wildman–Crippen MR) is 280 cm³/mol. The van der Waals surface area contributed by atoms with Crippen LogP contribution in [0.4, 0.5) is 0 Å². The Morgan fingerprint density at radius 3 is 1.85 bits per heavy atom. The van der Waals surface area contributed by atoms with Gasteiger partial charge in [-0.2, -0.15) is 0 Å². The van der Waals surface area contributed by atoms with Gasteiger partial charge in [0.05, 0.1) is 33.9 Å².